The van der Waals surface area contributed by atoms with E-state index < -0.39 is 0 Å². The van der Waals surface area contributed by atoms with Gasteiger partial charge in [0.15, 0.2) is 0 Å². The monoisotopic (exact) mass is 398 g/mol. The van der Waals surface area contributed by atoms with Gasteiger partial charge >= 0.3 is 0 Å². The van der Waals surface area contributed by atoms with Crippen LogP contribution in [0.15, 0.2) is 54.6 Å². The number of hydrogen-bond acceptors (Lipinski definition) is 4. The van der Waals surface area contributed by atoms with Gasteiger partial charge in [-0.05, 0) is 50.6 Å². The van der Waals surface area contributed by atoms with E-state index in [1.165, 1.54) is 23.5 Å². The Kier molecular flexibility index (Phi) is 6.41. The van der Waals surface area contributed by atoms with E-state index in [1.54, 1.807) is 12.1 Å². The number of amides is 1. The molecule has 0 atom stereocenters. The van der Waals surface area contributed by atoms with Crippen LogP contribution < -0.4 is 4.74 Å². The van der Waals surface area contributed by atoms with Crippen LogP contribution in [0.5, 0.6) is 5.75 Å². The van der Waals surface area contributed by atoms with E-state index >= 15 is 0 Å². The molecule has 3 aromatic rings. The van der Waals surface area contributed by atoms with Crippen LogP contribution in [0.4, 0.5) is 4.39 Å². The van der Waals surface area contributed by atoms with Crippen molar-refractivity contribution in [2.24, 2.45) is 0 Å². The van der Waals surface area contributed by atoms with Crippen molar-refractivity contribution in [3.63, 3.8) is 0 Å². The molecule has 1 heterocycles. The summed E-state index contributed by atoms with van der Waals surface area (Å²) >= 11 is 1.34. The minimum atomic E-state index is -0.308. The molecule has 28 heavy (non-hydrogen) atoms. The molecule has 146 valence electrons. The van der Waals surface area contributed by atoms with E-state index in [9.17, 15) is 9.18 Å². The van der Waals surface area contributed by atoms with E-state index in [0.717, 1.165) is 5.56 Å². The lowest BCUT2D eigenvalue weighted by atomic mass is 10.2. The molecule has 2 aromatic carbocycles. The van der Waals surface area contributed by atoms with Crippen LogP contribution in [0.3, 0.4) is 0 Å². The highest BCUT2D eigenvalue weighted by atomic mass is 32.1. The number of carbonyl (C=O) groups excluding carboxylic acids is 1. The van der Waals surface area contributed by atoms with Gasteiger partial charge in [-0.25, -0.2) is 9.37 Å². The van der Waals surface area contributed by atoms with Gasteiger partial charge in [-0.15, -0.1) is 11.3 Å². The topological polar surface area (TPSA) is 42.4 Å². The number of rotatable bonds is 7. The van der Waals surface area contributed by atoms with Crippen molar-refractivity contribution in [2.75, 3.05) is 0 Å². The summed E-state index contributed by atoms with van der Waals surface area (Å²) < 4.78 is 18.6. The Morgan fingerprint density at radius 3 is 2.46 bits per heavy atom. The fraction of sp³-hybridized carbons (Fsp3) is 0.273. The van der Waals surface area contributed by atoms with Crippen LogP contribution in [0.25, 0.3) is 0 Å². The molecule has 1 amide bonds. The van der Waals surface area contributed by atoms with Gasteiger partial charge in [-0.3, -0.25) is 4.79 Å². The number of benzene rings is 2. The lowest BCUT2D eigenvalue weighted by Gasteiger charge is -2.26. The Morgan fingerprint density at radius 2 is 1.82 bits per heavy atom. The first-order valence-electron chi connectivity index (χ1n) is 9.13. The molecular weight excluding hydrogens is 375 g/mol. The van der Waals surface area contributed by atoms with Crippen molar-refractivity contribution < 1.29 is 13.9 Å². The normalized spacial score (nSPS) is 10.9. The van der Waals surface area contributed by atoms with Crippen LogP contribution in [-0.4, -0.2) is 21.8 Å². The summed E-state index contributed by atoms with van der Waals surface area (Å²) in [4.78, 5) is 20.1. The van der Waals surface area contributed by atoms with Crippen molar-refractivity contribution in [1.29, 1.82) is 0 Å². The molecule has 0 unspecified atom stereocenters. The summed E-state index contributed by atoms with van der Waals surface area (Å²) in [7, 11) is 0. The molecule has 0 N–H and O–H groups in total. The summed E-state index contributed by atoms with van der Waals surface area (Å²) in [5.74, 6) is 0.231. The predicted octanol–water partition coefficient (Wildman–Crippen LogP) is 5.22. The van der Waals surface area contributed by atoms with Crippen LogP contribution >= 0.6 is 11.3 Å². The molecule has 0 spiro atoms. The van der Waals surface area contributed by atoms with E-state index in [1.807, 2.05) is 56.0 Å². The van der Waals surface area contributed by atoms with E-state index in [2.05, 4.69) is 4.98 Å². The molecule has 0 aliphatic heterocycles. The SMILES string of the molecule is Cc1nc(COc2ccc(F)cc2)sc1C(=O)N(Cc1ccccc1)C(C)C. The van der Waals surface area contributed by atoms with Gasteiger partial charge in [0.05, 0.1) is 5.69 Å². The molecule has 0 bridgehead atoms. The highest BCUT2D eigenvalue weighted by Crippen LogP contribution is 2.24. The maximum absolute atomic E-state index is 13.2. The van der Waals surface area contributed by atoms with E-state index in [4.69, 9.17) is 4.74 Å². The van der Waals surface area contributed by atoms with E-state index in [0.29, 0.717) is 27.9 Å². The zero-order chi connectivity index (χ0) is 20.1. The zero-order valence-corrected chi connectivity index (χ0v) is 17.0. The van der Waals surface area contributed by atoms with Crippen LogP contribution in [0.2, 0.25) is 0 Å². The van der Waals surface area contributed by atoms with Crippen molar-refractivity contribution in [1.82, 2.24) is 9.88 Å². The molecule has 0 saturated heterocycles. The minimum Gasteiger partial charge on any atom is -0.486 e. The average molecular weight is 399 g/mol. The van der Waals surface area contributed by atoms with Gasteiger partial charge in [0.2, 0.25) is 0 Å². The van der Waals surface area contributed by atoms with Crippen molar-refractivity contribution in [2.45, 2.75) is 40.0 Å². The smallest absolute Gasteiger partial charge is 0.266 e. The standard InChI is InChI=1S/C22H23FN2O2S/c1-15(2)25(13-17-7-5-4-6-8-17)22(26)21-16(3)24-20(28-21)14-27-19-11-9-18(23)10-12-19/h4-12,15H,13-14H2,1-3H3. The second-order valence-electron chi connectivity index (χ2n) is 6.78. The number of carbonyl (C=O) groups is 1. The molecule has 1 aromatic heterocycles. The summed E-state index contributed by atoms with van der Waals surface area (Å²) in [5.41, 5.74) is 1.79. The first-order valence-corrected chi connectivity index (χ1v) is 9.95. The van der Waals surface area contributed by atoms with Gasteiger partial charge in [0.25, 0.3) is 5.91 Å². The predicted molar refractivity (Wildman–Crippen MR) is 109 cm³/mol. The minimum absolute atomic E-state index is 0.0260. The molecule has 4 nitrogen and oxygen atoms in total. The van der Waals surface area contributed by atoms with Gasteiger partial charge in [-0.2, -0.15) is 0 Å². The number of aromatic nitrogens is 1. The number of halogens is 1. The third kappa shape index (κ3) is 4.95. The fourth-order valence-corrected chi connectivity index (χ4v) is 3.72. The molecule has 0 aliphatic carbocycles. The Bertz CT molecular complexity index is 923. The summed E-state index contributed by atoms with van der Waals surface area (Å²) in [6.45, 7) is 6.65. The van der Waals surface area contributed by atoms with Gasteiger partial charge in [0.1, 0.15) is 28.1 Å². The molecule has 0 saturated carbocycles. The number of hydrogen-bond donors (Lipinski definition) is 0. The Hall–Kier alpha value is -2.73. The van der Waals surface area contributed by atoms with Crippen molar-refractivity contribution in [3.05, 3.63) is 81.6 Å². The number of nitrogens with zero attached hydrogens (tertiary/aromatic N) is 2. The number of aryl methyl sites for hydroxylation is 1. The Morgan fingerprint density at radius 1 is 1.14 bits per heavy atom. The molecule has 6 heteroatoms. The third-order valence-electron chi connectivity index (χ3n) is 4.29. The largest absolute Gasteiger partial charge is 0.486 e. The van der Waals surface area contributed by atoms with Crippen molar-refractivity contribution >= 4 is 17.2 Å². The van der Waals surface area contributed by atoms with Crippen LogP contribution in [0, 0.1) is 12.7 Å². The first-order chi connectivity index (χ1) is 13.4. The highest BCUT2D eigenvalue weighted by Gasteiger charge is 2.24. The quantitative estimate of drug-likeness (QED) is 0.548. The molecule has 0 fully saturated rings. The Labute approximate surface area is 168 Å². The summed E-state index contributed by atoms with van der Waals surface area (Å²) in [5, 5.41) is 0.716. The van der Waals surface area contributed by atoms with Gasteiger partial charge in [0, 0.05) is 12.6 Å². The maximum Gasteiger partial charge on any atom is 0.266 e. The Balaban J connectivity index is 1.72. The summed E-state index contributed by atoms with van der Waals surface area (Å²) in [6, 6.07) is 15.9. The lowest BCUT2D eigenvalue weighted by Crippen LogP contribution is -2.36. The fourth-order valence-electron chi connectivity index (χ4n) is 2.79. The molecular formula is C22H23FN2O2S. The highest BCUT2D eigenvalue weighted by molar-refractivity contribution is 7.13. The maximum atomic E-state index is 13.2. The number of ether oxygens (including phenoxy) is 1. The lowest BCUT2D eigenvalue weighted by molar-refractivity contribution is 0.0694. The van der Waals surface area contributed by atoms with Crippen LogP contribution in [-0.2, 0) is 13.2 Å². The first kappa shape index (κ1) is 20.0. The second-order valence-corrected chi connectivity index (χ2v) is 7.86. The van der Waals surface area contributed by atoms with Crippen LogP contribution in [0.1, 0.15) is 39.8 Å². The van der Waals surface area contributed by atoms with Gasteiger partial charge in [-0.1, -0.05) is 30.3 Å². The molecule has 3 rings (SSSR count). The number of thiazole rings is 1. The molecule has 0 radical (unpaired) electrons. The average Bonchev–Trinajstić information content (AvgIpc) is 3.06. The second kappa shape index (κ2) is 8.97. The third-order valence-corrected chi connectivity index (χ3v) is 5.41. The summed E-state index contributed by atoms with van der Waals surface area (Å²) in [6.07, 6.45) is 0. The van der Waals surface area contributed by atoms with Crippen molar-refractivity contribution in [3.8, 4) is 5.75 Å². The molecule has 0 aliphatic rings. The van der Waals surface area contributed by atoms with Gasteiger partial charge < -0.3 is 9.64 Å². The van der Waals surface area contributed by atoms with E-state index in [-0.39, 0.29) is 24.4 Å². The zero-order valence-electron chi connectivity index (χ0n) is 16.2.